The van der Waals surface area contributed by atoms with Crippen LogP contribution in [0.2, 0.25) is 0 Å². The molecule has 1 N–H and O–H groups in total. The molecule has 0 radical (unpaired) electrons. The molecular weight excluding hydrogens is 258 g/mol. The minimum Gasteiger partial charge on any atom is -0.490 e. The van der Waals surface area contributed by atoms with Gasteiger partial charge in [0.25, 0.3) is 5.91 Å². The largest absolute Gasteiger partial charge is 0.490 e. The quantitative estimate of drug-likeness (QED) is 0.851. The summed E-state index contributed by atoms with van der Waals surface area (Å²) in [7, 11) is 1.49. The Bertz CT molecular complexity index is 559. The van der Waals surface area contributed by atoms with E-state index in [-0.39, 0.29) is 17.9 Å². The Labute approximate surface area is 118 Å². The number of ether oxygens (including phenoxy) is 1. The summed E-state index contributed by atoms with van der Waals surface area (Å²) in [6.07, 6.45) is 0. The van der Waals surface area contributed by atoms with E-state index in [1.807, 2.05) is 6.07 Å². The van der Waals surface area contributed by atoms with Gasteiger partial charge in [0.15, 0.2) is 6.04 Å². The van der Waals surface area contributed by atoms with E-state index >= 15 is 0 Å². The molecule has 0 aromatic heterocycles. The molecule has 20 heavy (non-hydrogen) atoms. The Kier molecular flexibility index (Phi) is 3.46. The Morgan fingerprint density at radius 2 is 2.05 bits per heavy atom. The van der Waals surface area contributed by atoms with Gasteiger partial charge in [0.2, 0.25) is 0 Å². The van der Waals surface area contributed by atoms with Gasteiger partial charge in [0.1, 0.15) is 12.4 Å². The third-order valence-electron chi connectivity index (χ3n) is 3.55. The minimum atomic E-state index is -1.07. The van der Waals surface area contributed by atoms with E-state index in [9.17, 15) is 9.59 Å². The zero-order valence-electron chi connectivity index (χ0n) is 12.1. The van der Waals surface area contributed by atoms with Gasteiger partial charge in [0.05, 0.1) is 5.56 Å². The summed E-state index contributed by atoms with van der Waals surface area (Å²) in [6.45, 7) is 6.13. The normalized spacial score (nSPS) is 19.1. The predicted octanol–water partition coefficient (Wildman–Crippen LogP) is 1.90. The molecule has 2 rings (SSSR count). The molecule has 0 saturated heterocycles. The van der Waals surface area contributed by atoms with E-state index in [2.05, 4.69) is 20.8 Å². The van der Waals surface area contributed by atoms with Crippen molar-refractivity contribution in [2.24, 2.45) is 0 Å². The molecule has 0 bridgehead atoms. The van der Waals surface area contributed by atoms with Crippen molar-refractivity contribution in [3.05, 3.63) is 29.3 Å². The molecule has 1 unspecified atom stereocenters. The maximum absolute atomic E-state index is 12.4. The van der Waals surface area contributed by atoms with Crippen molar-refractivity contribution < 1.29 is 19.4 Å². The standard InChI is InChI=1S/C15H19NO4/c1-15(2,3)9-5-6-12-10(7-9)13(17)16(4)11(8-20-12)14(18)19/h5-7,11H,8H2,1-4H3,(H,18,19). The highest BCUT2D eigenvalue weighted by Crippen LogP contribution is 2.30. The Balaban J connectivity index is 2.47. The zero-order chi connectivity index (χ0) is 15.1. The van der Waals surface area contributed by atoms with Gasteiger partial charge in [-0.3, -0.25) is 4.79 Å². The molecule has 1 atom stereocenters. The van der Waals surface area contributed by atoms with E-state index < -0.39 is 12.0 Å². The summed E-state index contributed by atoms with van der Waals surface area (Å²) in [5, 5.41) is 9.14. The lowest BCUT2D eigenvalue weighted by Gasteiger charge is -2.22. The van der Waals surface area contributed by atoms with E-state index in [1.165, 1.54) is 11.9 Å². The lowest BCUT2D eigenvalue weighted by atomic mass is 9.86. The van der Waals surface area contributed by atoms with Gasteiger partial charge < -0.3 is 14.7 Å². The van der Waals surface area contributed by atoms with Crippen molar-refractivity contribution in [2.45, 2.75) is 32.2 Å². The van der Waals surface area contributed by atoms with Gasteiger partial charge in [-0.25, -0.2) is 4.79 Å². The molecule has 1 amide bonds. The second-order valence-corrected chi connectivity index (χ2v) is 6.04. The van der Waals surface area contributed by atoms with Gasteiger partial charge >= 0.3 is 5.97 Å². The number of likely N-dealkylation sites (N-methyl/N-ethyl adjacent to an activating group) is 1. The van der Waals surface area contributed by atoms with Crippen LogP contribution in [-0.4, -0.2) is 41.6 Å². The molecule has 5 heteroatoms. The molecule has 1 aromatic rings. The van der Waals surface area contributed by atoms with Crippen LogP contribution in [0.5, 0.6) is 5.75 Å². The van der Waals surface area contributed by atoms with Crippen molar-refractivity contribution in [1.82, 2.24) is 4.90 Å². The van der Waals surface area contributed by atoms with E-state index in [4.69, 9.17) is 9.84 Å². The first-order chi connectivity index (χ1) is 9.21. The molecule has 108 valence electrons. The first-order valence-electron chi connectivity index (χ1n) is 6.49. The lowest BCUT2D eigenvalue weighted by Crippen LogP contribution is -2.44. The summed E-state index contributed by atoms with van der Waals surface area (Å²) in [6, 6.07) is 4.48. The SMILES string of the molecule is CN1C(=O)c2cc(C(C)(C)C)ccc2OCC1C(=O)O. The molecule has 0 saturated carbocycles. The Hall–Kier alpha value is -2.04. The highest BCUT2D eigenvalue weighted by atomic mass is 16.5. The van der Waals surface area contributed by atoms with Gasteiger partial charge in [0, 0.05) is 7.05 Å². The van der Waals surface area contributed by atoms with Crippen molar-refractivity contribution in [2.75, 3.05) is 13.7 Å². The molecule has 1 aliphatic heterocycles. The Morgan fingerprint density at radius 1 is 1.40 bits per heavy atom. The van der Waals surface area contributed by atoms with Crippen LogP contribution in [0.3, 0.4) is 0 Å². The van der Waals surface area contributed by atoms with Crippen LogP contribution in [0, 0.1) is 0 Å². The van der Waals surface area contributed by atoms with Crippen molar-refractivity contribution in [3.8, 4) is 5.75 Å². The highest BCUT2D eigenvalue weighted by Gasteiger charge is 2.33. The first-order valence-corrected chi connectivity index (χ1v) is 6.49. The summed E-state index contributed by atoms with van der Waals surface area (Å²) in [5.74, 6) is -0.945. The zero-order valence-corrected chi connectivity index (χ0v) is 12.1. The number of hydrogen-bond acceptors (Lipinski definition) is 3. The lowest BCUT2D eigenvalue weighted by molar-refractivity contribution is -0.142. The van der Waals surface area contributed by atoms with Crippen LogP contribution in [0.4, 0.5) is 0 Å². The third-order valence-corrected chi connectivity index (χ3v) is 3.55. The van der Waals surface area contributed by atoms with Crippen molar-refractivity contribution in [1.29, 1.82) is 0 Å². The average Bonchev–Trinajstić information content (AvgIpc) is 2.47. The summed E-state index contributed by atoms with van der Waals surface area (Å²) in [5.41, 5.74) is 1.34. The van der Waals surface area contributed by atoms with Crippen LogP contribution in [0.1, 0.15) is 36.7 Å². The number of aliphatic carboxylic acids is 1. The number of hydrogen-bond donors (Lipinski definition) is 1. The number of nitrogens with zero attached hydrogens (tertiary/aromatic N) is 1. The summed E-state index contributed by atoms with van der Waals surface area (Å²) < 4.78 is 5.49. The van der Waals surface area contributed by atoms with Crippen LogP contribution in [0.15, 0.2) is 18.2 Å². The topological polar surface area (TPSA) is 66.8 Å². The highest BCUT2D eigenvalue weighted by molar-refractivity contribution is 5.99. The summed E-state index contributed by atoms with van der Waals surface area (Å²) >= 11 is 0. The third kappa shape index (κ3) is 2.48. The first kappa shape index (κ1) is 14.4. The van der Waals surface area contributed by atoms with Crippen molar-refractivity contribution >= 4 is 11.9 Å². The smallest absolute Gasteiger partial charge is 0.330 e. The molecule has 1 aliphatic rings. The molecule has 0 aliphatic carbocycles. The molecule has 1 heterocycles. The van der Waals surface area contributed by atoms with Gasteiger partial charge in [-0.05, 0) is 23.1 Å². The fraction of sp³-hybridized carbons (Fsp3) is 0.467. The maximum atomic E-state index is 12.4. The number of carbonyl (C=O) groups excluding carboxylic acids is 1. The van der Waals surface area contributed by atoms with Gasteiger partial charge in [-0.2, -0.15) is 0 Å². The average molecular weight is 277 g/mol. The number of fused-ring (bicyclic) bond motifs is 1. The minimum absolute atomic E-state index is 0.0422. The number of carbonyl (C=O) groups is 2. The number of amides is 1. The van der Waals surface area contributed by atoms with Gasteiger partial charge in [-0.15, -0.1) is 0 Å². The second kappa shape index (κ2) is 4.81. The van der Waals surface area contributed by atoms with Crippen LogP contribution in [0.25, 0.3) is 0 Å². The Morgan fingerprint density at radius 3 is 2.60 bits per heavy atom. The van der Waals surface area contributed by atoms with E-state index in [1.54, 1.807) is 12.1 Å². The number of carboxylic acid groups (broad SMARTS) is 1. The van der Waals surface area contributed by atoms with Crippen LogP contribution in [-0.2, 0) is 10.2 Å². The fourth-order valence-electron chi connectivity index (χ4n) is 2.14. The number of benzene rings is 1. The molecular formula is C15H19NO4. The molecule has 0 spiro atoms. The summed E-state index contributed by atoms with van der Waals surface area (Å²) in [4.78, 5) is 24.8. The van der Waals surface area contributed by atoms with Crippen molar-refractivity contribution in [3.63, 3.8) is 0 Å². The fourth-order valence-corrected chi connectivity index (χ4v) is 2.14. The van der Waals surface area contributed by atoms with E-state index in [0.717, 1.165) is 5.56 Å². The molecule has 5 nitrogen and oxygen atoms in total. The van der Waals surface area contributed by atoms with Crippen LogP contribution < -0.4 is 4.74 Å². The van der Waals surface area contributed by atoms with E-state index in [0.29, 0.717) is 11.3 Å². The number of carboxylic acids is 1. The molecule has 1 aromatic carbocycles. The molecule has 0 fully saturated rings. The number of rotatable bonds is 1. The monoisotopic (exact) mass is 277 g/mol. The predicted molar refractivity (Wildman–Crippen MR) is 74.2 cm³/mol. The second-order valence-electron chi connectivity index (χ2n) is 6.04. The maximum Gasteiger partial charge on any atom is 0.330 e. The van der Waals surface area contributed by atoms with Gasteiger partial charge in [-0.1, -0.05) is 26.8 Å². The van der Waals surface area contributed by atoms with Crippen LogP contribution >= 0.6 is 0 Å².